The molecular weight excluding hydrogens is 452 g/mol. The SMILES string of the molecule is CO[C@@H]1OCC(COO[O-])[C@H](O[C@@H]2OC(CO)[C@H](O)[C@H](C)C2O)C(O)[C@@H]1OS(=O)(=O)[O-]. The van der Waals surface area contributed by atoms with E-state index in [9.17, 15) is 38.7 Å². The zero-order valence-electron chi connectivity index (χ0n) is 16.6. The third-order valence-electron chi connectivity index (χ3n) is 5.19. The van der Waals surface area contributed by atoms with E-state index in [1.165, 1.54) is 6.92 Å². The van der Waals surface area contributed by atoms with Crippen LogP contribution in [-0.4, -0.2) is 110 Å². The van der Waals surface area contributed by atoms with E-state index in [0.717, 1.165) is 7.11 Å². The van der Waals surface area contributed by atoms with E-state index in [0.29, 0.717) is 0 Å². The summed E-state index contributed by atoms with van der Waals surface area (Å²) in [5.41, 5.74) is 0. The highest BCUT2D eigenvalue weighted by Gasteiger charge is 2.49. The van der Waals surface area contributed by atoms with Crippen molar-refractivity contribution in [2.24, 2.45) is 11.8 Å². The third-order valence-corrected chi connectivity index (χ3v) is 5.65. The van der Waals surface area contributed by atoms with Crippen LogP contribution >= 0.6 is 0 Å². The lowest BCUT2D eigenvalue weighted by Gasteiger charge is -2.43. The van der Waals surface area contributed by atoms with Crippen LogP contribution in [-0.2, 0) is 43.5 Å². The van der Waals surface area contributed by atoms with E-state index < -0.39 is 84.7 Å². The Balaban J connectivity index is 2.32. The molecule has 2 heterocycles. The monoisotopic (exact) mass is 478 g/mol. The number of methoxy groups -OCH3 is 1. The first kappa shape index (κ1) is 26.7. The van der Waals surface area contributed by atoms with Crippen LogP contribution in [0.5, 0.6) is 0 Å². The van der Waals surface area contributed by atoms with Gasteiger partial charge in [0.2, 0.25) is 10.4 Å². The Morgan fingerprint density at radius 3 is 2.32 bits per heavy atom. The fraction of sp³-hybridized carbons (Fsp3) is 1.00. The van der Waals surface area contributed by atoms with E-state index in [2.05, 4.69) is 14.1 Å². The predicted molar refractivity (Wildman–Crippen MR) is 89.7 cm³/mol. The lowest BCUT2D eigenvalue weighted by atomic mass is 9.90. The number of aliphatic hydroxyl groups excluding tert-OH is 4. The van der Waals surface area contributed by atoms with Gasteiger partial charge < -0.3 is 49.2 Å². The molecule has 2 rings (SSSR count). The zero-order valence-corrected chi connectivity index (χ0v) is 17.4. The summed E-state index contributed by atoms with van der Waals surface area (Å²) in [7, 11) is -4.23. The van der Waals surface area contributed by atoms with Crippen LogP contribution in [0.1, 0.15) is 6.92 Å². The highest BCUT2D eigenvalue weighted by atomic mass is 32.3. The van der Waals surface area contributed by atoms with Crippen molar-refractivity contribution < 1.29 is 71.7 Å². The molecule has 4 unspecified atom stereocenters. The van der Waals surface area contributed by atoms with Gasteiger partial charge in [-0.3, -0.25) is 9.22 Å². The molecule has 0 bridgehead atoms. The number of hydrogen-bond acceptors (Lipinski definition) is 15. The predicted octanol–water partition coefficient (Wildman–Crippen LogP) is -4.50. The lowest BCUT2D eigenvalue weighted by molar-refractivity contribution is -0.800. The highest BCUT2D eigenvalue weighted by molar-refractivity contribution is 7.80. The van der Waals surface area contributed by atoms with Gasteiger partial charge in [0.1, 0.15) is 18.3 Å². The average Bonchev–Trinajstić information content (AvgIpc) is 2.83. The maximum atomic E-state index is 11.1. The van der Waals surface area contributed by atoms with Gasteiger partial charge in [-0.15, -0.1) is 0 Å². The van der Waals surface area contributed by atoms with Crippen molar-refractivity contribution in [2.75, 3.05) is 26.9 Å². The minimum absolute atomic E-state index is 0.354. The third kappa shape index (κ3) is 6.71. The van der Waals surface area contributed by atoms with Gasteiger partial charge in [-0.25, -0.2) is 13.3 Å². The van der Waals surface area contributed by atoms with E-state index in [1.54, 1.807) is 0 Å². The maximum absolute atomic E-state index is 11.1. The van der Waals surface area contributed by atoms with E-state index in [4.69, 9.17) is 18.9 Å². The second-order valence-corrected chi connectivity index (χ2v) is 8.19. The highest BCUT2D eigenvalue weighted by Crippen LogP contribution is 2.32. The van der Waals surface area contributed by atoms with Crippen LogP contribution in [0, 0.1) is 11.8 Å². The Labute approximate surface area is 177 Å². The minimum Gasteiger partial charge on any atom is -0.726 e. The number of ether oxygens (including phenoxy) is 4. The van der Waals surface area contributed by atoms with Gasteiger partial charge in [0.25, 0.3) is 0 Å². The quantitative estimate of drug-likeness (QED) is 0.106. The smallest absolute Gasteiger partial charge is 0.218 e. The van der Waals surface area contributed by atoms with Crippen LogP contribution in [0.4, 0.5) is 0 Å². The molecule has 15 nitrogen and oxygen atoms in total. The second-order valence-electron chi connectivity index (χ2n) is 7.18. The molecule has 2 fully saturated rings. The van der Waals surface area contributed by atoms with Gasteiger partial charge in [0.05, 0.1) is 32.0 Å². The van der Waals surface area contributed by atoms with E-state index in [1.807, 2.05) is 0 Å². The second kappa shape index (κ2) is 11.5. The maximum Gasteiger partial charge on any atom is 0.218 e. The van der Waals surface area contributed by atoms with Crippen LogP contribution in [0.2, 0.25) is 0 Å². The molecule has 0 radical (unpaired) electrons. The van der Waals surface area contributed by atoms with Crippen molar-refractivity contribution in [1.82, 2.24) is 0 Å². The molecule has 2 aliphatic rings. The molecule has 184 valence electrons. The topological polar surface area (TPSA) is 226 Å². The van der Waals surface area contributed by atoms with Crippen molar-refractivity contribution in [3.63, 3.8) is 0 Å². The summed E-state index contributed by atoms with van der Waals surface area (Å²) in [4.78, 5) is 4.34. The van der Waals surface area contributed by atoms with Crippen molar-refractivity contribution >= 4 is 10.4 Å². The Hall–Kier alpha value is -0.570. The number of rotatable bonds is 9. The summed E-state index contributed by atoms with van der Waals surface area (Å²) in [6.45, 7) is -0.0289. The Morgan fingerprint density at radius 2 is 1.77 bits per heavy atom. The summed E-state index contributed by atoms with van der Waals surface area (Å²) in [6, 6.07) is 0. The summed E-state index contributed by atoms with van der Waals surface area (Å²) >= 11 is 0. The molecule has 0 aliphatic carbocycles. The molecule has 0 aromatic carbocycles. The molecule has 16 heteroatoms. The molecule has 4 N–H and O–H groups in total. The van der Waals surface area contributed by atoms with Crippen molar-refractivity contribution in [3.8, 4) is 0 Å². The molecule has 10 atom stereocenters. The number of aliphatic hydroxyl groups is 4. The first-order valence-corrected chi connectivity index (χ1v) is 10.5. The summed E-state index contributed by atoms with van der Waals surface area (Å²) in [6.07, 6.45) is -12.2. The Morgan fingerprint density at radius 1 is 1.10 bits per heavy atom. The fourth-order valence-corrected chi connectivity index (χ4v) is 3.94. The number of hydrogen-bond donors (Lipinski definition) is 4. The molecule has 2 aliphatic heterocycles. The molecule has 31 heavy (non-hydrogen) atoms. The van der Waals surface area contributed by atoms with Gasteiger partial charge in [-0.05, 0) is 0 Å². The first-order chi connectivity index (χ1) is 14.5. The molecular formula is C15H26O15S-2. The summed E-state index contributed by atoms with van der Waals surface area (Å²) in [5.74, 6) is -1.86. The lowest BCUT2D eigenvalue weighted by Crippen LogP contribution is -2.58. The van der Waals surface area contributed by atoms with Crippen molar-refractivity contribution in [2.45, 2.75) is 56.1 Å². The van der Waals surface area contributed by atoms with Crippen LogP contribution in [0.3, 0.4) is 0 Å². The standard InChI is InChI=1S/C15H28O15S/c1-6-9(17)8(3-16)27-14(10(6)18)28-12-7(5-26-30-20)4-25-15(24-2)13(11(12)19)29-31(21,22)23/h6-20H,3-5H2,1-2H3,(H,21,22,23)/p-2/t6-,7?,8?,9+,10?,11?,12-,13-,14-,15+/m0/s1. The van der Waals surface area contributed by atoms with E-state index in [-0.39, 0.29) is 6.61 Å². The van der Waals surface area contributed by atoms with Crippen LogP contribution in [0.25, 0.3) is 0 Å². The van der Waals surface area contributed by atoms with Gasteiger partial charge in [0, 0.05) is 18.9 Å². The van der Waals surface area contributed by atoms with Gasteiger partial charge in [-0.2, -0.15) is 0 Å². The van der Waals surface area contributed by atoms with Gasteiger partial charge in [-0.1, -0.05) is 6.92 Å². The first-order valence-electron chi connectivity index (χ1n) is 9.20. The average molecular weight is 478 g/mol. The largest absolute Gasteiger partial charge is 0.726 e. The minimum atomic E-state index is -5.32. The summed E-state index contributed by atoms with van der Waals surface area (Å²) in [5, 5.41) is 54.2. The van der Waals surface area contributed by atoms with Gasteiger partial charge >= 0.3 is 0 Å². The molecule has 0 saturated carbocycles. The normalized spacial score (nSPS) is 42.3. The Bertz CT molecular complexity index is 644. The Kier molecular flexibility index (Phi) is 9.92. The van der Waals surface area contributed by atoms with Crippen molar-refractivity contribution in [3.05, 3.63) is 0 Å². The fourth-order valence-electron chi connectivity index (χ4n) is 3.47. The van der Waals surface area contributed by atoms with Crippen LogP contribution in [0.15, 0.2) is 0 Å². The van der Waals surface area contributed by atoms with E-state index >= 15 is 0 Å². The molecule has 0 amide bonds. The van der Waals surface area contributed by atoms with Gasteiger partial charge in [0.15, 0.2) is 18.7 Å². The van der Waals surface area contributed by atoms with Crippen LogP contribution < -0.4 is 5.26 Å². The zero-order chi connectivity index (χ0) is 23.3. The molecule has 0 aromatic rings. The van der Waals surface area contributed by atoms with Crippen molar-refractivity contribution in [1.29, 1.82) is 0 Å². The molecule has 0 aromatic heterocycles. The molecule has 2 saturated heterocycles. The summed E-state index contributed by atoms with van der Waals surface area (Å²) < 4.78 is 59.0. The molecule has 0 spiro atoms.